The summed E-state index contributed by atoms with van der Waals surface area (Å²) in [5, 5.41) is 26.7. The van der Waals surface area contributed by atoms with Gasteiger partial charge in [0.25, 0.3) is 5.91 Å². The molecule has 0 radical (unpaired) electrons. The van der Waals surface area contributed by atoms with Crippen LogP contribution in [0.15, 0.2) is 41.5 Å². The van der Waals surface area contributed by atoms with E-state index in [-0.39, 0.29) is 29.2 Å². The number of carboxylic acids is 1. The Morgan fingerprint density at radius 2 is 1.95 bits per heavy atom. The Bertz CT molecular complexity index is 1480. The number of amides is 2. The molecule has 0 fully saturated rings. The smallest absolute Gasteiger partial charge is 0.416 e. The van der Waals surface area contributed by atoms with Gasteiger partial charge in [0.15, 0.2) is 5.96 Å². The van der Waals surface area contributed by atoms with Crippen LogP contribution in [0.5, 0.6) is 0 Å². The zero-order chi connectivity index (χ0) is 29.0. The highest BCUT2D eigenvalue weighted by Crippen LogP contribution is 2.34. The second-order valence-electron chi connectivity index (χ2n) is 8.82. The second-order valence-corrected chi connectivity index (χ2v) is 9.26. The van der Waals surface area contributed by atoms with Crippen LogP contribution in [-0.4, -0.2) is 64.9 Å². The highest BCUT2D eigenvalue weighted by atomic mass is 35.5. The molecule has 0 bridgehead atoms. The third-order valence-corrected chi connectivity index (χ3v) is 6.00. The molecule has 2 heterocycles. The van der Waals surface area contributed by atoms with Gasteiger partial charge in [-0.05, 0) is 35.9 Å². The molecule has 1 aromatic heterocycles. The number of nitrogens with one attached hydrogen (secondary N) is 5. The second kappa shape index (κ2) is 11.8. The number of hydrogen-bond donors (Lipinski definition) is 6. The van der Waals surface area contributed by atoms with Crippen LogP contribution < -0.4 is 21.3 Å². The average Bonchev–Trinajstić information content (AvgIpc) is 3.36. The number of nitrogens with zero attached hydrogens (tertiary/aromatic N) is 2. The van der Waals surface area contributed by atoms with Gasteiger partial charge in [-0.15, -0.1) is 0 Å². The predicted molar refractivity (Wildman–Crippen MR) is 137 cm³/mol. The lowest BCUT2D eigenvalue weighted by atomic mass is 10.0. The fraction of sp³-hybridized carbons (Fsp3) is 0.292. The van der Waals surface area contributed by atoms with E-state index < -0.39 is 54.7 Å². The van der Waals surface area contributed by atoms with Crippen molar-refractivity contribution in [3.63, 3.8) is 0 Å². The maximum Gasteiger partial charge on any atom is 0.416 e. The summed E-state index contributed by atoms with van der Waals surface area (Å²) < 4.78 is 53.0. The Morgan fingerprint density at radius 1 is 1.18 bits per heavy atom. The van der Waals surface area contributed by atoms with E-state index in [2.05, 4.69) is 36.5 Å². The van der Waals surface area contributed by atoms with E-state index in [0.717, 1.165) is 6.07 Å². The highest BCUT2D eigenvalue weighted by Gasteiger charge is 2.32. The lowest BCUT2D eigenvalue weighted by Gasteiger charge is -2.20. The Morgan fingerprint density at radius 3 is 2.62 bits per heavy atom. The van der Waals surface area contributed by atoms with Gasteiger partial charge in [0.2, 0.25) is 5.91 Å². The molecule has 16 heteroatoms. The summed E-state index contributed by atoms with van der Waals surface area (Å²) in [4.78, 5) is 40.8. The van der Waals surface area contributed by atoms with Crippen LogP contribution in [0, 0.1) is 0 Å². The van der Waals surface area contributed by atoms with Gasteiger partial charge in [0, 0.05) is 16.0 Å². The van der Waals surface area contributed by atoms with E-state index >= 15 is 0 Å². The number of aromatic nitrogens is 2. The number of aliphatic imine (C=N–C) groups is 1. The fourth-order valence-electron chi connectivity index (χ4n) is 3.93. The molecule has 0 spiro atoms. The number of H-pyrrole nitrogens is 1. The van der Waals surface area contributed by atoms with E-state index in [4.69, 9.17) is 11.6 Å². The van der Waals surface area contributed by atoms with Crippen molar-refractivity contribution in [2.24, 2.45) is 4.99 Å². The van der Waals surface area contributed by atoms with Crippen LogP contribution in [0.3, 0.4) is 0 Å². The summed E-state index contributed by atoms with van der Waals surface area (Å²) in [6.45, 7) is -0.586. The van der Waals surface area contributed by atoms with Crippen molar-refractivity contribution in [3.05, 3.63) is 58.2 Å². The number of guanidine groups is 1. The summed E-state index contributed by atoms with van der Waals surface area (Å²) >= 11 is 5.80. The minimum absolute atomic E-state index is 0.0330. The van der Waals surface area contributed by atoms with E-state index in [0.29, 0.717) is 34.7 Å². The minimum Gasteiger partial charge on any atom is -0.481 e. The Hall–Kier alpha value is -4.40. The van der Waals surface area contributed by atoms with Crippen LogP contribution in [0.2, 0.25) is 5.02 Å². The number of alkyl halides is 4. The van der Waals surface area contributed by atoms with E-state index in [9.17, 15) is 37.1 Å². The number of halogens is 5. The molecule has 2 unspecified atom stereocenters. The topological polar surface area (TPSA) is 161 Å². The zero-order valence-electron chi connectivity index (χ0n) is 20.4. The summed E-state index contributed by atoms with van der Waals surface area (Å²) in [7, 11) is 0. The highest BCUT2D eigenvalue weighted by molar-refractivity contribution is 6.30. The van der Waals surface area contributed by atoms with Crippen molar-refractivity contribution in [2.45, 2.75) is 24.8 Å². The molecule has 0 aliphatic carbocycles. The van der Waals surface area contributed by atoms with Crippen LogP contribution in [0.25, 0.3) is 10.9 Å². The Kier molecular flexibility index (Phi) is 8.42. The molecule has 11 nitrogen and oxygen atoms in total. The van der Waals surface area contributed by atoms with E-state index in [1.54, 1.807) is 0 Å². The standard InChI is InChI=1S/C24H22ClF4N7O4/c25-14-2-11(1-13(5-14)24(27,28)29)17(6-21(38)39)34-20(37)10-30-22(40)12-3-18(16-9-33-36-19(16)4-12)35-23-31-7-15(26)8-32-23/h1-5,9,15,17H,6-8,10H2,(H,30,40)(H,33,36)(H,34,37)(H,38,39)(H2,31,32,35). The third kappa shape index (κ3) is 7.16. The van der Waals surface area contributed by atoms with Gasteiger partial charge in [-0.1, -0.05) is 11.6 Å². The van der Waals surface area contributed by atoms with Gasteiger partial charge in [-0.3, -0.25) is 19.5 Å². The van der Waals surface area contributed by atoms with E-state index in [1.165, 1.54) is 18.3 Å². The summed E-state index contributed by atoms with van der Waals surface area (Å²) in [6, 6.07) is 4.09. The zero-order valence-corrected chi connectivity index (χ0v) is 21.2. The number of fused-ring (bicyclic) bond motifs is 1. The molecule has 1 aliphatic heterocycles. The Balaban J connectivity index is 1.46. The van der Waals surface area contributed by atoms with Crippen molar-refractivity contribution >= 4 is 51.9 Å². The maximum absolute atomic E-state index is 13.4. The van der Waals surface area contributed by atoms with Crippen LogP contribution >= 0.6 is 11.6 Å². The van der Waals surface area contributed by atoms with E-state index in [1.807, 2.05) is 0 Å². The molecular formula is C24H22ClF4N7O4. The summed E-state index contributed by atoms with van der Waals surface area (Å²) in [6.07, 6.45) is -5.09. The number of benzene rings is 2. The van der Waals surface area contributed by atoms with Gasteiger partial charge in [0.05, 0.1) is 55.1 Å². The molecule has 0 saturated heterocycles. The van der Waals surface area contributed by atoms with Crippen molar-refractivity contribution in [3.8, 4) is 0 Å². The molecule has 6 N–H and O–H groups in total. The number of aliphatic carboxylic acids is 1. The normalized spacial score (nSPS) is 16.0. The molecule has 212 valence electrons. The maximum atomic E-state index is 13.4. The molecule has 40 heavy (non-hydrogen) atoms. The van der Waals surface area contributed by atoms with Crippen LogP contribution in [-0.2, 0) is 15.8 Å². The first-order chi connectivity index (χ1) is 18.9. The molecule has 2 aromatic carbocycles. The number of hydrogen-bond acceptors (Lipinski definition) is 7. The quantitative estimate of drug-likeness (QED) is 0.222. The fourth-order valence-corrected chi connectivity index (χ4v) is 4.17. The summed E-state index contributed by atoms with van der Waals surface area (Å²) in [5.74, 6) is -2.62. The van der Waals surface area contributed by atoms with Crippen molar-refractivity contribution in [1.29, 1.82) is 0 Å². The molecule has 4 rings (SSSR count). The number of rotatable bonds is 8. The number of aromatic amines is 1. The van der Waals surface area contributed by atoms with Crippen LogP contribution in [0.1, 0.15) is 33.9 Å². The molecular weight excluding hydrogens is 562 g/mol. The minimum atomic E-state index is -4.75. The lowest BCUT2D eigenvalue weighted by Crippen LogP contribution is -2.41. The van der Waals surface area contributed by atoms with Gasteiger partial charge in [-0.25, -0.2) is 9.38 Å². The largest absolute Gasteiger partial charge is 0.481 e. The van der Waals surface area contributed by atoms with Crippen molar-refractivity contribution in [2.75, 3.05) is 25.0 Å². The van der Waals surface area contributed by atoms with Crippen LogP contribution in [0.4, 0.5) is 23.2 Å². The summed E-state index contributed by atoms with van der Waals surface area (Å²) in [5.41, 5.74) is -0.264. The van der Waals surface area contributed by atoms with Crippen molar-refractivity contribution in [1.82, 2.24) is 26.1 Å². The molecule has 1 aliphatic rings. The predicted octanol–water partition coefficient (Wildman–Crippen LogP) is 3.01. The van der Waals surface area contributed by atoms with Gasteiger partial charge < -0.3 is 26.4 Å². The average molecular weight is 584 g/mol. The molecule has 0 saturated carbocycles. The number of anilines is 1. The molecule has 2 amide bonds. The first-order valence-electron chi connectivity index (χ1n) is 11.7. The first-order valence-corrected chi connectivity index (χ1v) is 12.1. The molecule has 2 atom stereocenters. The lowest BCUT2D eigenvalue weighted by molar-refractivity contribution is -0.138. The van der Waals surface area contributed by atoms with Gasteiger partial charge >= 0.3 is 12.1 Å². The SMILES string of the molecule is O=C(O)CC(NC(=O)CNC(=O)c1cc(NC2=NCC(F)CN2)c2cn[nH]c2c1)c1cc(Cl)cc(C(F)(F)F)c1. The number of carboxylic acid groups (broad SMARTS) is 1. The Labute approximate surface area is 228 Å². The number of carbonyl (C=O) groups excluding carboxylic acids is 2. The van der Waals surface area contributed by atoms with Gasteiger partial charge in [-0.2, -0.15) is 18.3 Å². The molecule has 3 aromatic rings. The van der Waals surface area contributed by atoms with Gasteiger partial charge in [0.1, 0.15) is 6.17 Å². The third-order valence-electron chi connectivity index (χ3n) is 5.79. The number of carbonyl (C=O) groups is 3. The first kappa shape index (κ1) is 28.6. The monoisotopic (exact) mass is 583 g/mol. The van der Waals surface area contributed by atoms with Crippen molar-refractivity contribution < 1.29 is 37.1 Å².